The number of nitrogens with two attached hydrogens (primary N) is 1. The fourth-order valence-corrected chi connectivity index (χ4v) is 8.29. The number of phosphoric acid groups is 2. The predicted molar refractivity (Wildman–Crippen MR) is 254 cm³/mol. The molecule has 20 heteroatoms. The number of hydrogen-bond donors (Lipinski definition) is 7. The van der Waals surface area contributed by atoms with Gasteiger partial charge in [0.2, 0.25) is 0 Å². The van der Waals surface area contributed by atoms with Crippen molar-refractivity contribution in [2.45, 2.75) is 185 Å². The van der Waals surface area contributed by atoms with Gasteiger partial charge in [0.25, 0.3) is 0 Å². The molecule has 0 aromatic rings. The van der Waals surface area contributed by atoms with Crippen molar-refractivity contribution in [3.63, 3.8) is 0 Å². The van der Waals surface area contributed by atoms with E-state index in [2.05, 4.69) is 35.0 Å². The second-order valence-electron chi connectivity index (χ2n) is 15.9. The predicted octanol–water partition coefficient (Wildman–Crippen LogP) is 8.77. The van der Waals surface area contributed by atoms with Crippen LogP contribution in [0.25, 0.3) is 0 Å². The van der Waals surface area contributed by atoms with Gasteiger partial charge in [0, 0.05) is 23.8 Å². The molecule has 65 heavy (non-hydrogen) atoms. The van der Waals surface area contributed by atoms with Crippen molar-refractivity contribution < 1.29 is 76.6 Å². The van der Waals surface area contributed by atoms with Crippen molar-refractivity contribution in [3.05, 3.63) is 48.6 Å². The molecule has 0 fully saturated rings. The fourth-order valence-electron chi connectivity index (χ4n) is 6.01. The third kappa shape index (κ3) is 41.7. The summed E-state index contributed by atoms with van der Waals surface area (Å²) in [7, 11) is -9.90. The monoisotopic (exact) mass is 985 g/mol. The van der Waals surface area contributed by atoms with Crippen molar-refractivity contribution >= 4 is 45.3 Å². The zero-order valence-electron chi connectivity index (χ0n) is 38.7. The largest absolute Gasteiger partial charge is 0.481 e. The van der Waals surface area contributed by atoms with Crippen LogP contribution in [-0.2, 0) is 46.6 Å². The smallest absolute Gasteiger partial charge is 0.472 e. The minimum absolute atomic E-state index is 0.0688. The number of unbranched alkanes of at least 4 members (excludes halogenated alkanes) is 15. The summed E-state index contributed by atoms with van der Waals surface area (Å²) in [6.45, 7) is 1.16. The number of thioether (sulfide) groups is 1. The van der Waals surface area contributed by atoms with E-state index in [1.165, 1.54) is 70.6 Å². The molecule has 0 rings (SSSR count). The lowest BCUT2D eigenvalue weighted by atomic mass is 10.0. The van der Waals surface area contributed by atoms with Gasteiger partial charge >= 0.3 is 33.6 Å². The highest BCUT2D eigenvalue weighted by Gasteiger charge is 2.30. The van der Waals surface area contributed by atoms with E-state index in [4.69, 9.17) is 34.6 Å². The summed E-state index contributed by atoms with van der Waals surface area (Å²) in [4.78, 5) is 64.7. The molecule has 0 saturated heterocycles. The van der Waals surface area contributed by atoms with Gasteiger partial charge in [-0.25, -0.2) is 9.13 Å². The summed E-state index contributed by atoms with van der Waals surface area (Å²) in [6.07, 6.45) is 31.6. The van der Waals surface area contributed by atoms with Crippen molar-refractivity contribution in [2.75, 3.05) is 32.2 Å². The number of rotatable bonds is 44. The zero-order valence-corrected chi connectivity index (χ0v) is 41.3. The average molecular weight is 986 g/mol. The number of phosphoric ester groups is 2. The van der Waals surface area contributed by atoms with E-state index in [0.29, 0.717) is 6.42 Å². The number of aliphatic carboxylic acids is 1. The van der Waals surface area contributed by atoms with Crippen LogP contribution in [0.4, 0.5) is 0 Å². The molecule has 0 aromatic carbocycles. The average Bonchev–Trinajstić information content (AvgIpc) is 3.25. The fraction of sp³-hybridized carbons (Fsp3) is 0.756. The molecule has 0 heterocycles. The van der Waals surface area contributed by atoms with E-state index in [0.717, 1.165) is 50.3 Å². The lowest BCUT2D eigenvalue weighted by molar-refractivity contribution is -0.161. The van der Waals surface area contributed by atoms with E-state index in [1.54, 1.807) is 18.2 Å². The highest BCUT2D eigenvalue weighted by atomic mass is 32.2. The molecule has 6 atom stereocenters. The lowest BCUT2D eigenvalue weighted by Crippen LogP contribution is -2.40. The van der Waals surface area contributed by atoms with Crippen LogP contribution in [0.3, 0.4) is 0 Å². The van der Waals surface area contributed by atoms with E-state index in [9.17, 15) is 38.6 Å². The first-order chi connectivity index (χ1) is 31.0. The third-order valence-corrected chi connectivity index (χ3v) is 12.6. The maximum absolute atomic E-state index is 13.2. The minimum Gasteiger partial charge on any atom is -0.481 e. The maximum atomic E-state index is 13.2. The number of esters is 2. The zero-order chi connectivity index (χ0) is 48.6. The highest BCUT2D eigenvalue weighted by molar-refractivity contribution is 8.00. The van der Waals surface area contributed by atoms with Crippen molar-refractivity contribution in [3.8, 4) is 0 Å². The molecule has 0 radical (unpaired) electrons. The van der Waals surface area contributed by atoms with Gasteiger partial charge in [-0.3, -0.25) is 28.0 Å². The molecule has 0 aliphatic rings. The third-order valence-electron chi connectivity index (χ3n) is 9.71. The minimum atomic E-state index is -4.97. The molecule has 0 aliphatic heterocycles. The van der Waals surface area contributed by atoms with Gasteiger partial charge < -0.3 is 45.2 Å². The SMILES string of the molecule is CCCCC/C=C\C\C=C/C=C/C=C/[C@@H](SC[C@H](N)C(=O)O[C@H](COC(=O)CCCCCCCCCCCCCCC)COP(=O)(O)OC[C@@H](O)COP(=O)(O)O)[C@@H](O)CCCC(=O)O. The number of hydrogen-bond acceptors (Lipinski definition) is 14. The number of ether oxygens (including phenoxy) is 2. The Morgan fingerprint density at radius 2 is 1.23 bits per heavy atom. The van der Waals surface area contributed by atoms with Gasteiger partial charge in [-0.1, -0.05) is 152 Å². The molecule has 0 aliphatic carbocycles. The van der Waals surface area contributed by atoms with Crippen LogP contribution in [0, 0.1) is 0 Å². The molecule has 0 aromatic heterocycles. The standard InChI is InChI=1S/C45H81NO16P2S/c1-3-5-7-9-11-13-15-17-19-21-23-25-27-32-44(51)58-35-39(36-61-64(56,57)60-34-38(47)33-59-63(53,54)55)62-45(52)40(46)37-65-42(41(48)29-28-31-43(49)50)30-26-24-22-20-18-16-14-12-10-8-6-4-2/h12,14,18,20,22,24,26,30,38-42,47-48H,3-11,13,15-17,19,21,23,25,27-29,31-37,46H2,1-2H3,(H,49,50)(H,56,57)(H2,53,54,55)/b14-12-,20-18-,24-22+,30-26+/t38-,39+,40-,41-,42+/m0/s1. The summed E-state index contributed by atoms with van der Waals surface area (Å²) in [5.41, 5.74) is 6.18. The molecule has 0 amide bonds. The van der Waals surface area contributed by atoms with Gasteiger partial charge in [0.05, 0.1) is 25.9 Å². The first-order valence-corrected chi connectivity index (χ1v) is 27.3. The summed E-state index contributed by atoms with van der Waals surface area (Å²) >= 11 is 1.13. The Bertz CT molecular complexity index is 1460. The van der Waals surface area contributed by atoms with Gasteiger partial charge in [-0.2, -0.15) is 0 Å². The number of allylic oxidation sites excluding steroid dienone is 7. The molecule has 0 bridgehead atoms. The second-order valence-corrected chi connectivity index (χ2v) is 19.8. The van der Waals surface area contributed by atoms with Crippen LogP contribution in [0.15, 0.2) is 48.6 Å². The summed E-state index contributed by atoms with van der Waals surface area (Å²) in [5, 5.41) is 29.2. The molecular formula is C45H81NO16P2S. The molecule has 8 N–H and O–H groups in total. The van der Waals surface area contributed by atoms with Crippen LogP contribution in [0.2, 0.25) is 0 Å². The second kappa shape index (κ2) is 40.8. The lowest BCUT2D eigenvalue weighted by Gasteiger charge is -2.23. The van der Waals surface area contributed by atoms with Gasteiger partial charge in [-0.05, 0) is 38.5 Å². The van der Waals surface area contributed by atoms with Crippen LogP contribution >= 0.6 is 27.4 Å². The quantitative estimate of drug-likeness (QED) is 0.00987. The molecule has 0 saturated carbocycles. The molecule has 378 valence electrons. The van der Waals surface area contributed by atoms with E-state index in [-0.39, 0.29) is 31.4 Å². The van der Waals surface area contributed by atoms with Crippen LogP contribution < -0.4 is 5.73 Å². The number of carbonyl (C=O) groups excluding carboxylic acids is 2. The van der Waals surface area contributed by atoms with Gasteiger partial charge in [0.1, 0.15) is 18.8 Å². The normalized spacial score (nSPS) is 15.7. The first-order valence-electron chi connectivity index (χ1n) is 23.3. The number of aliphatic hydroxyl groups is 2. The molecule has 1 unspecified atom stereocenters. The summed E-state index contributed by atoms with van der Waals surface area (Å²) in [6, 6.07) is -1.29. The summed E-state index contributed by atoms with van der Waals surface area (Å²) < 4.78 is 48.0. The van der Waals surface area contributed by atoms with E-state index in [1.807, 2.05) is 18.2 Å². The molecule has 0 spiro atoms. The number of carboxylic acid groups (broad SMARTS) is 1. The van der Waals surface area contributed by atoms with Crippen LogP contribution in [0.1, 0.15) is 155 Å². The molecule has 17 nitrogen and oxygen atoms in total. The number of carbonyl (C=O) groups is 3. The Hall–Kier alpha value is -2.18. The first kappa shape index (κ1) is 62.8. The van der Waals surface area contributed by atoms with Crippen molar-refractivity contribution in [2.24, 2.45) is 5.73 Å². The van der Waals surface area contributed by atoms with Crippen LogP contribution in [-0.4, -0.2) is 110 Å². The Labute approximate surface area is 391 Å². The number of carboxylic acids is 1. The Balaban J connectivity index is 5.41. The Morgan fingerprint density at radius 1 is 0.662 bits per heavy atom. The van der Waals surface area contributed by atoms with Gasteiger partial charge in [0.15, 0.2) is 6.10 Å². The van der Waals surface area contributed by atoms with Crippen molar-refractivity contribution in [1.29, 1.82) is 0 Å². The Kier molecular flexibility index (Phi) is 39.5. The topological polar surface area (TPSA) is 279 Å². The highest BCUT2D eigenvalue weighted by Crippen LogP contribution is 2.44. The van der Waals surface area contributed by atoms with E-state index >= 15 is 0 Å². The van der Waals surface area contributed by atoms with Gasteiger partial charge in [-0.15, -0.1) is 11.8 Å². The van der Waals surface area contributed by atoms with Crippen molar-refractivity contribution in [1.82, 2.24) is 0 Å². The Morgan fingerprint density at radius 3 is 1.85 bits per heavy atom. The number of aliphatic hydroxyl groups excluding tert-OH is 2. The van der Waals surface area contributed by atoms with Crippen LogP contribution in [0.5, 0.6) is 0 Å². The maximum Gasteiger partial charge on any atom is 0.472 e. The van der Waals surface area contributed by atoms with E-state index < -0.39 is 89.6 Å². The molecular weight excluding hydrogens is 905 g/mol. The summed E-state index contributed by atoms with van der Waals surface area (Å²) in [5.74, 6) is -2.63.